The van der Waals surface area contributed by atoms with E-state index >= 15 is 0 Å². The molecule has 0 radical (unpaired) electrons. The molecule has 0 heterocycles. The van der Waals surface area contributed by atoms with Crippen LogP contribution in [0.2, 0.25) is 0 Å². The Hall–Kier alpha value is -0.910. The highest BCUT2D eigenvalue weighted by atomic mass is 79.9. The van der Waals surface area contributed by atoms with Crippen molar-refractivity contribution < 1.29 is 9.63 Å². The standard InChI is InChI=1S/C9H11BrN2O2/c1-14-11-6-9(13)12-8-4-2-3-7(10)5-8/h2-5,11H,6H2,1H3,(H,12,13). The van der Waals surface area contributed by atoms with Crippen molar-refractivity contribution >= 4 is 27.5 Å². The van der Waals surface area contributed by atoms with Crippen LogP contribution in [-0.2, 0) is 9.63 Å². The summed E-state index contributed by atoms with van der Waals surface area (Å²) in [4.78, 5) is 15.8. The van der Waals surface area contributed by atoms with Crippen molar-refractivity contribution in [3.05, 3.63) is 28.7 Å². The largest absolute Gasteiger partial charge is 0.325 e. The number of hydroxylamine groups is 1. The molecule has 0 saturated carbocycles. The lowest BCUT2D eigenvalue weighted by molar-refractivity contribution is -0.117. The van der Waals surface area contributed by atoms with Crippen LogP contribution in [0.5, 0.6) is 0 Å². The Morgan fingerprint density at radius 2 is 2.36 bits per heavy atom. The molecule has 1 aromatic carbocycles. The zero-order chi connectivity index (χ0) is 10.4. The maximum atomic E-state index is 11.2. The fourth-order valence-corrected chi connectivity index (χ4v) is 1.31. The summed E-state index contributed by atoms with van der Waals surface area (Å²) in [6, 6.07) is 7.38. The van der Waals surface area contributed by atoms with Crippen molar-refractivity contribution in [2.45, 2.75) is 0 Å². The number of rotatable bonds is 4. The van der Waals surface area contributed by atoms with E-state index in [2.05, 4.69) is 31.6 Å². The zero-order valence-corrected chi connectivity index (χ0v) is 9.30. The highest BCUT2D eigenvalue weighted by molar-refractivity contribution is 9.10. The molecule has 14 heavy (non-hydrogen) atoms. The minimum Gasteiger partial charge on any atom is -0.325 e. The Morgan fingerprint density at radius 1 is 1.57 bits per heavy atom. The van der Waals surface area contributed by atoms with Gasteiger partial charge in [0.05, 0.1) is 7.11 Å². The molecule has 0 saturated heterocycles. The van der Waals surface area contributed by atoms with E-state index in [4.69, 9.17) is 0 Å². The molecule has 0 aliphatic rings. The average Bonchev–Trinajstić information content (AvgIpc) is 2.15. The maximum Gasteiger partial charge on any atom is 0.240 e. The molecule has 1 aromatic rings. The van der Waals surface area contributed by atoms with Gasteiger partial charge in [-0.1, -0.05) is 22.0 Å². The molecule has 5 heteroatoms. The molecular weight excluding hydrogens is 248 g/mol. The van der Waals surface area contributed by atoms with E-state index in [1.54, 1.807) is 0 Å². The number of carbonyl (C=O) groups excluding carboxylic acids is 1. The number of carbonyl (C=O) groups is 1. The third kappa shape index (κ3) is 3.87. The molecule has 1 rings (SSSR count). The molecule has 0 aliphatic carbocycles. The second-order valence-corrected chi connectivity index (χ2v) is 3.50. The van der Waals surface area contributed by atoms with Gasteiger partial charge in [-0.15, -0.1) is 0 Å². The Morgan fingerprint density at radius 3 is 3.00 bits per heavy atom. The second kappa shape index (κ2) is 5.74. The van der Waals surface area contributed by atoms with Crippen molar-refractivity contribution in [1.82, 2.24) is 5.48 Å². The quantitative estimate of drug-likeness (QED) is 0.806. The van der Waals surface area contributed by atoms with E-state index in [0.717, 1.165) is 10.2 Å². The van der Waals surface area contributed by atoms with Gasteiger partial charge in [-0.2, -0.15) is 5.48 Å². The predicted octanol–water partition coefficient (Wildman–Crippen LogP) is 1.54. The highest BCUT2D eigenvalue weighted by Gasteiger charge is 2.00. The van der Waals surface area contributed by atoms with Crippen LogP contribution in [0.3, 0.4) is 0 Å². The lowest BCUT2D eigenvalue weighted by atomic mass is 10.3. The molecule has 0 aliphatic heterocycles. The lowest BCUT2D eigenvalue weighted by Crippen LogP contribution is -2.27. The molecule has 4 nitrogen and oxygen atoms in total. The highest BCUT2D eigenvalue weighted by Crippen LogP contribution is 2.15. The molecule has 0 bridgehead atoms. The van der Waals surface area contributed by atoms with Crippen LogP contribution in [0.4, 0.5) is 5.69 Å². The van der Waals surface area contributed by atoms with Gasteiger partial charge in [0.25, 0.3) is 0 Å². The van der Waals surface area contributed by atoms with Crippen LogP contribution >= 0.6 is 15.9 Å². The van der Waals surface area contributed by atoms with E-state index in [1.165, 1.54) is 7.11 Å². The van der Waals surface area contributed by atoms with E-state index in [1.807, 2.05) is 24.3 Å². The maximum absolute atomic E-state index is 11.2. The first-order chi connectivity index (χ1) is 6.72. The fraction of sp³-hybridized carbons (Fsp3) is 0.222. The first kappa shape index (κ1) is 11.2. The molecule has 76 valence electrons. The summed E-state index contributed by atoms with van der Waals surface area (Å²) in [7, 11) is 1.46. The number of anilines is 1. The summed E-state index contributed by atoms with van der Waals surface area (Å²) in [6.07, 6.45) is 0. The molecule has 0 unspecified atom stereocenters. The van der Waals surface area contributed by atoms with Gasteiger partial charge in [0.2, 0.25) is 5.91 Å². The number of nitrogens with one attached hydrogen (secondary N) is 2. The Balaban J connectivity index is 2.47. The van der Waals surface area contributed by atoms with Gasteiger partial charge < -0.3 is 10.2 Å². The van der Waals surface area contributed by atoms with E-state index in [0.29, 0.717) is 0 Å². The normalized spacial score (nSPS) is 9.86. The van der Waals surface area contributed by atoms with Gasteiger partial charge >= 0.3 is 0 Å². The van der Waals surface area contributed by atoms with Crippen LogP contribution in [0.1, 0.15) is 0 Å². The van der Waals surface area contributed by atoms with Gasteiger partial charge in [-0.05, 0) is 18.2 Å². The third-order valence-corrected chi connectivity index (χ3v) is 1.98. The molecule has 0 atom stereocenters. The molecular formula is C9H11BrN2O2. The smallest absolute Gasteiger partial charge is 0.240 e. The monoisotopic (exact) mass is 258 g/mol. The first-order valence-electron chi connectivity index (χ1n) is 4.03. The van der Waals surface area contributed by atoms with E-state index in [9.17, 15) is 4.79 Å². The topological polar surface area (TPSA) is 50.4 Å². The van der Waals surface area contributed by atoms with E-state index in [-0.39, 0.29) is 12.5 Å². The van der Waals surface area contributed by atoms with Crippen LogP contribution in [0, 0.1) is 0 Å². The van der Waals surface area contributed by atoms with Crippen LogP contribution in [0.25, 0.3) is 0 Å². The number of benzene rings is 1. The minimum absolute atomic E-state index is 0.128. The van der Waals surface area contributed by atoms with Crippen molar-refractivity contribution in [2.75, 3.05) is 19.0 Å². The van der Waals surface area contributed by atoms with Gasteiger partial charge in [-0.3, -0.25) is 4.79 Å². The van der Waals surface area contributed by atoms with Crippen LogP contribution in [0.15, 0.2) is 28.7 Å². The van der Waals surface area contributed by atoms with Gasteiger partial charge in [0.15, 0.2) is 0 Å². The summed E-state index contributed by atoms with van der Waals surface area (Å²) in [6.45, 7) is 0.128. The van der Waals surface area contributed by atoms with Crippen molar-refractivity contribution in [2.24, 2.45) is 0 Å². The minimum atomic E-state index is -0.148. The second-order valence-electron chi connectivity index (χ2n) is 2.58. The fourth-order valence-electron chi connectivity index (χ4n) is 0.909. The summed E-state index contributed by atoms with van der Waals surface area (Å²) < 4.78 is 0.926. The van der Waals surface area contributed by atoms with Crippen molar-refractivity contribution in [3.8, 4) is 0 Å². The Kier molecular flexibility index (Phi) is 4.58. The van der Waals surface area contributed by atoms with Crippen molar-refractivity contribution in [3.63, 3.8) is 0 Å². The van der Waals surface area contributed by atoms with Crippen molar-refractivity contribution in [1.29, 1.82) is 0 Å². The number of hydrogen-bond donors (Lipinski definition) is 2. The van der Waals surface area contributed by atoms with E-state index < -0.39 is 0 Å². The Labute approximate surface area is 90.7 Å². The molecule has 0 aromatic heterocycles. The molecule has 1 amide bonds. The molecule has 2 N–H and O–H groups in total. The average molecular weight is 259 g/mol. The number of amides is 1. The zero-order valence-electron chi connectivity index (χ0n) is 7.71. The number of hydrogen-bond acceptors (Lipinski definition) is 3. The summed E-state index contributed by atoms with van der Waals surface area (Å²) in [5.41, 5.74) is 3.21. The summed E-state index contributed by atoms with van der Waals surface area (Å²) in [5, 5.41) is 2.71. The predicted molar refractivity (Wildman–Crippen MR) is 57.8 cm³/mol. The summed E-state index contributed by atoms with van der Waals surface area (Å²) in [5.74, 6) is -0.148. The van der Waals surface area contributed by atoms with Gasteiger partial charge in [0.1, 0.15) is 6.54 Å². The molecule has 0 spiro atoms. The Bertz CT molecular complexity index is 317. The van der Waals surface area contributed by atoms with Gasteiger partial charge in [0, 0.05) is 10.2 Å². The number of halogens is 1. The van der Waals surface area contributed by atoms with Gasteiger partial charge in [-0.25, -0.2) is 0 Å². The third-order valence-electron chi connectivity index (χ3n) is 1.49. The SMILES string of the molecule is CONCC(=O)Nc1cccc(Br)c1. The van der Waals surface area contributed by atoms with Crippen LogP contribution < -0.4 is 10.8 Å². The molecule has 0 fully saturated rings. The lowest BCUT2D eigenvalue weighted by Gasteiger charge is -2.05. The van der Waals surface area contributed by atoms with Crippen LogP contribution in [-0.4, -0.2) is 19.6 Å². The first-order valence-corrected chi connectivity index (χ1v) is 4.83. The summed E-state index contributed by atoms with van der Waals surface area (Å²) >= 11 is 3.31.